The summed E-state index contributed by atoms with van der Waals surface area (Å²) in [5.41, 5.74) is -6.18. The van der Waals surface area contributed by atoms with Gasteiger partial charge in [-0.2, -0.15) is 13.2 Å². The zero-order chi connectivity index (χ0) is 23.3. The number of aromatic hydroxyl groups is 1. The number of sulfonamides is 1. The van der Waals surface area contributed by atoms with Gasteiger partial charge < -0.3 is 5.11 Å². The minimum atomic E-state index is -5.65. The molecule has 0 saturated heterocycles. The van der Waals surface area contributed by atoms with Crippen molar-refractivity contribution in [2.75, 3.05) is 4.72 Å². The molecular formula is C17H16BrClF3NO5S2. The summed E-state index contributed by atoms with van der Waals surface area (Å²) in [5.74, 6) is -0.509. The smallest absolute Gasteiger partial charge is 0.501 e. The van der Waals surface area contributed by atoms with Crippen molar-refractivity contribution in [2.24, 2.45) is 0 Å². The van der Waals surface area contributed by atoms with Crippen LogP contribution in [0.25, 0.3) is 0 Å². The first-order valence-electron chi connectivity index (χ1n) is 8.04. The van der Waals surface area contributed by atoms with Gasteiger partial charge in [-0.1, -0.05) is 48.3 Å². The molecule has 166 valence electrons. The first kappa shape index (κ1) is 24.8. The van der Waals surface area contributed by atoms with Crippen LogP contribution < -0.4 is 4.72 Å². The Kier molecular flexibility index (Phi) is 6.51. The number of sulfone groups is 1. The lowest BCUT2D eigenvalue weighted by Gasteiger charge is -2.22. The average Bonchev–Trinajstić information content (AvgIpc) is 2.56. The van der Waals surface area contributed by atoms with Crippen molar-refractivity contribution in [1.29, 1.82) is 0 Å². The maximum absolute atomic E-state index is 12.8. The van der Waals surface area contributed by atoms with Crippen LogP contribution in [0.4, 0.5) is 18.9 Å². The summed E-state index contributed by atoms with van der Waals surface area (Å²) in [5, 5.41) is 9.92. The molecule has 0 aliphatic carbocycles. The molecule has 0 radical (unpaired) electrons. The molecule has 6 nitrogen and oxygen atoms in total. The van der Waals surface area contributed by atoms with E-state index in [0.29, 0.717) is 22.2 Å². The van der Waals surface area contributed by atoms with Crippen LogP contribution in [-0.2, 0) is 25.3 Å². The molecule has 0 atom stereocenters. The zero-order valence-electron chi connectivity index (χ0n) is 15.7. The van der Waals surface area contributed by atoms with Gasteiger partial charge in [-0.15, -0.1) is 0 Å². The fourth-order valence-electron chi connectivity index (χ4n) is 2.43. The number of hydrogen-bond acceptors (Lipinski definition) is 5. The summed E-state index contributed by atoms with van der Waals surface area (Å²) >= 11 is 9.00. The lowest BCUT2D eigenvalue weighted by Crippen LogP contribution is -2.23. The standard InChI is InChI=1S/C17H16BrClF3NO5S2/c1-16(2,3)11-6-9(18)7-14(15(11)24)30(27,28)23-13-5-4-10(8-12(13)19)29(25,26)17(20,21)22/h4-8,23-24H,1-3H3. The molecule has 0 unspecified atom stereocenters. The molecule has 2 rings (SSSR count). The fraction of sp³-hybridized carbons (Fsp3) is 0.294. The molecule has 0 aliphatic heterocycles. The highest BCUT2D eigenvalue weighted by molar-refractivity contribution is 9.10. The molecule has 0 aliphatic rings. The molecule has 0 spiro atoms. The van der Waals surface area contributed by atoms with Crippen molar-refractivity contribution >= 4 is 53.1 Å². The SMILES string of the molecule is CC(C)(C)c1cc(Br)cc(S(=O)(=O)Nc2ccc(S(=O)(=O)C(F)(F)F)cc2Cl)c1O. The molecule has 2 aromatic carbocycles. The van der Waals surface area contributed by atoms with Gasteiger partial charge in [-0.3, -0.25) is 4.72 Å². The molecular weight excluding hydrogens is 535 g/mol. The van der Waals surface area contributed by atoms with Gasteiger partial charge in [-0.05, 0) is 35.7 Å². The van der Waals surface area contributed by atoms with Gasteiger partial charge in [0.15, 0.2) is 0 Å². The van der Waals surface area contributed by atoms with Crippen LogP contribution in [0.1, 0.15) is 26.3 Å². The van der Waals surface area contributed by atoms with E-state index < -0.39 is 51.3 Å². The molecule has 13 heteroatoms. The van der Waals surface area contributed by atoms with Gasteiger partial charge in [0.2, 0.25) is 0 Å². The highest BCUT2D eigenvalue weighted by Gasteiger charge is 2.47. The highest BCUT2D eigenvalue weighted by Crippen LogP contribution is 2.39. The normalized spacial score (nSPS) is 13.3. The Labute approximate surface area is 185 Å². The Balaban J connectivity index is 2.53. The summed E-state index contributed by atoms with van der Waals surface area (Å²) in [6, 6.07) is 4.55. The highest BCUT2D eigenvalue weighted by atomic mass is 79.9. The van der Waals surface area contributed by atoms with E-state index in [9.17, 15) is 35.1 Å². The summed E-state index contributed by atoms with van der Waals surface area (Å²) in [4.78, 5) is -1.63. The van der Waals surface area contributed by atoms with E-state index in [2.05, 4.69) is 20.7 Å². The number of nitrogens with one attached hydrogen (secondary N) is 1. The fourth-order valence-corrected chi connectivity index (χ4v) is 5.40. The van der Waals surface area contributed by atoms with Gasteiger partial charge in [0.1, 0.15) is 10.6 Å². The van der Waals surface area contributed by atoms with Gasteiger partial charge in [0.05, 0.1) is 15.6 Å². The number of alkyl halides is 3. The van der Waals surface area contributed by atoms with Crippen molar-refractivity contribution in [1.82, 2.24) is 0 Å². The van der Waals surface area contributed by atoms with Crippen LogP contribution in [0.15, 0.2) is 44.6 Å². The molecule has 0 bridgehead atoms. The Bertz CT molecular complexity index is 1210. The van der Waals surface area contributed by atoms with Gasteiger partial charge in [-0.25, -0.2) is 16.8 Å². The summed E-state index contributed by atoms with van der Waals surface area (Å²) in [6.45, 7) is 5.28. The Morgan fingerprint density at radius 2 is 1.60 bits per heavy atom. The third-order valence-corrected chi connectivity index (χ3v) is 7.57. The number of phenols is 1. The molecule has 0 saturated carbocycles. The van der Waals surface area contributed by atoms with E-state index in [1.807, 2.05) is 0 Å². The lowest BCUT2D eigenvalue weighted by molar-refractivity contribution is -0.0436. The topological polar surface area (TPSA) is 101 Å². The summed E-state index contributed by atoms with van der Waals surface area (Å²) in [6.07, 6.45) is 0. The van der Waals surface area contributed by atoms with E-state index in [-0.39, 0.29) is 5.69 Å². The number of anilines is 1. The van der Waals surface area contributed by atoms with Crippen LogP contribution >= 0.6 is 27.5 Å². The number of rotatable bonds is 4. The zero-order valence-corrected chi connectivity index (χ0v) is 19.6. The van der Waals surface area contributed by atoms with Crippen molar-refractivity contribution < 1.29 is 35.1 Å². The van der Waals surface area contributed by atoms with Crippen LogP contribution in [0.5, 0.6) is 5.75 Å². The van der Waals surface area contributed by atoms with Crippen molar-refractivity contribution in [2.45, 2.75) is 41.5 Å². The Morgan fingerprint density at radius 1 is 1.03 bits per heavy atom. The second-order valence-corrected chi connectivity index (χ2v) is 12.2. The van der Waals surface area contributed by atoms with Crippen LogP contribution in [0.3, 0.4) is 0 Å². The first-order chi connectivity index (χ1) is 13.4. The molecule has 2 aromatic rings. The van der Waals surface area contributed by atoms with Gasteiger partial charge in [0, 0.05) is 10.0 Å². The Hall–Kier alpha value is -1.50. The monoisotopic (exact) mass is 549 g/mol. The predicted octanol–water partition coefficient (Wildman–Crippen LogP) is 5.20. The van der Waals surface area contributed by atoms with E-state index in [1.54, 1.807) is 26.8 Å². The minimum absolute atomic E-state index is 0.329. The Morgan fingerprint density at radius 3 is 2.07 bits per heavy atom. The number of benzene rings is 2. The quantitative estimate of drug-likeness (QED) is 0.545. The van der Waals surface area contributed by atoms with Crippen LogP contribution in [0.2, 0.25) is 5.02 Å². The average molecular weight is 551 g/mol. The van der Waals surface area contributed by atoms with Crippen molar-refractivity contribution in [3.63, 3.8) is 0 Å². The molecule has 2 N–H and O–H groups in total. The van der Waals surface area contributed by atoms with Gasteiger partial charge in [0.25, 0.3) is 19.9 Å². The predicted molar refractivity (Wildman–Crippen MR) is 110 cm³/mol. The third-order valence-electron chi connectivity index (χ3n) is 3.94. The first-order valence-corrected chi connectivity index (χ1v) is 12.2. The molecule has 0 heterocycles. The van der Waals surface area contributed by atoms with Crippen molar-refractivity contribution in [3.8, 4) is 5.75 Å². The number of phenolic OH excluding ortho intramolecular Hbond substituents is 1. The maximum atomic E-state index is 12.8. The van der Waals surface area contributed by atoms with Crippen molar-refractivity contribution in [3.05, 3.63) is 45.4 Å². The number of hydrogen-bond donors (Lipinski definition) is 2. The van der Waals surface area contributed by atoms with E-state index in [0.717, 1.165) is 12.1 Å². The van der Waals surface area contributed by atoms with Crippen LogP contribution in [-0.4, -0.2) is 27.5 Å². The van der Waals surface area contributed by atoms with E-state index >= 15 is 0 Å². The minimum Gasteiger partial charge on any atom is -0.506 e. The van der Waals surface area contributed by atoms with Gasteiger partial charge >= 0.3 is 5.51 Å². The molecule has 30 heavy (non-hydrogen) atoms. The largest absolute Gasteiger partial charge is 0.506 e. The van der Waals surface area contributed by atoms with E-state index in [4.69, 9.17) is 11.6 Å². The maximum Gasteiger partial charge on any atom is 0.501 e. The number of halogens is 5. The molecule has 0 aromatic heterocycles. The lowest BCUT2D eigenvalue weighted by atomic mass is 9.86. The van der Waals surface area contributed by atoms with Crippen LogP contribution in [0, 0.1) is 0 Å². The van der Waals surface area contributed by atoms with E-state index in [1.165, 1.54) is 0 Å². The molecule has 0 amide bonds. The second kappa shape index (κ2) is 7.88. The summed E-state index contributed by atoms with van der Waals surface area (Å²) in [7, 11) is -10.1. The molecule has 0 fully saturated rings. The second-order valence-electron chi connectivity index (χ2n) is 7.25. The summed E-state index contributed by atoms with van der Waals surface area (Å²) < 4.78 is 89.0. The third kappa shape index (κ3) is 4.87.